The predicted molar refractivity (Wildman–Crippen MR) is 112 cm³/mol. The van der Waals surface area contributed by atoms with Gasteiger partial charge in [0.2, 0.25) is 10.0 Å². The average molecular weight is 440 g/mol. The molecule has 0 spiro atoms. The van der Waals surface area contributed by atoms with Crippen LogP contribution in [0.1, 0.15) is 25.0 Å². The van der Waals surface area contributed by atoms with Gasteiger partial charge in [-0.3, -0.25) is 0 Å². The van der Waals surface area contributed by atoms with Crippen LogP contribution in [-0.2, 0) is 20.0 Å². The first-order chi connectivity index (χ1) is 13.4. The molecule has 0 atom stereocenters. The Hall–Kier alpha value is -2.43. The van der Waals surface area contributed by atoms with Gasteiger partial charge in [0.1, 0.15) is 5.75 Å². The highest BCUT2D eigenvalue weighted by Gasteiger charge is 2.19. The molecule has 10 heteroatoms. The molecule has 0 saturated carbocycles. The van der Waals surface area contributed by atoms with Crippen molar-refractivity contribution < 1.29 is 21.6 Å². The Kier molecular flexibility index (Phi) is 7.04. The number of hydrazone groups is 1. The summed E-state index contributed by atoms with van der Waals surface area (Å²) >= 11 is 0. The maximum atomic E-state index is 12.4. The van der Waals surface area contributed by atoms with Crippen LogP contribution in [0.5, 0.6) is 5.75 Å². The highest BCUT2D eigenvalue weighted by atomic mass is 32.2. The Morgan fingerprint density at radius 3 is 2.14 bits per heavy atom. The number of ether oxygens (including phenoxy) is 1. The summed E-state index contributed by atoms with van der Waals surface area (Å²) in [5.41, 5.74) is 1.26. The summed E-state index contributed by atoms with van der Waals surface area (Å²) < 4.78 is 56.3. The Balaban J connectivity index is 2.36. The summed E-state index contributed by atoms with van der Waals surface area (Å²) in [6, 6.07) is 10.7. The molecule has 0 heterocycles. The van der Waals surface area contributed by atoms with Crippen LogP contribution in [0.25, 0.3) is 0 Å². The maximum Gasteiger partial charge on any atom is 0.276 e. The Bertz CT molecular complexity index is 1090. The van der Waals surface area contributed by atoms with Gasteiger partial charge in [0.15, 0.2) is 0 Å². The summed E-state index contributed by atoms with van der Waals surface area (Å²) in [4.78, 5) is 2.25. The quantitative estimate of drug-likeness (QED) is 0.502. The second-order valence-corrected chi connectivity index (χ2v) is 10.6. The van der Waals surface area contributed by atoms with Crippen molar-refractivity contribution in [3.63, 3.8) is 0 Å². The molecule has 0 aliphatic rings. The lowest BCUT2D eigenvalue weighted by Gasteiger charge is -2.15. The molecule has 0 fully saturated rings. The molecule has 0 aliphatic heterocycles. The molecular formula is C19H25N3O5S2. The van der Waals surface area contributed by atoms with Gasteiger partial charge in [-0.15, -0.1) is 0 Å². The highest BCUT2D eigenvalue weighted by Crippen LogP contribution is 2.24. The summed E-state index contributed by atoms with van der Waals surface area (Å²) in [5.74, 6) is 0.385. The molecule has 0 amide bonds. The highest BCUT2D eigenvalue weighted by molar-refractivity contribution is 7.89. The van der Waals surface area contributed by atoms with E-state index in [0.29, 0.717) is 11.3 Å². The summed E-state index contributed by atoms with van der Waals surface area (Å²) in [5, 5.41) is 3.80. The summed E-state index contributed by atoms with van der Waals surface area (Å²) in [6.45, 7) is 5.50. The van der Waals surface area contributed by atoms with Gasteiger partial charge < -0.3 is 4.74 Å². The van der Waals surface area contributed by atoms with E-state index in [1.165, 1.54) is 50.6 Å². The third-order valence-electron chi connectivity index (χ3n) is 3.83. The minimum Gasteiger partial charge on any atom is -0.490 e. The van der Waals surface area contributed by atoms with E-state index in [-0.39, 0.29) is 15.9 Å². The van der Waals surface area contributed by atoms with Crippen LogP contribution in [0.3, 0.4) is 0 Å². The number of rotatable bonds is 8. The van der Waals surface area contributed by atoms with Crippen LogP contribution in [0, 0.1) is 6.92 Å². The standard InChI is InChI=1S/C19H25N3O5S2/c1-14(2)27-19-11-10-18(29(25,26)22(4)5)12-16(19)13-20-21-28(23,24)17-8-6-15(3)7-9-17/h6-14,21H,1-5H3/b20-13+. The van der Waals surface area contributed by atoms with Gasteiger partial charge in [-0.05, 0) is 51.1 Å². The third-order valence-corrected chi connectivity index (χ3v) is 6.88. The van der Waals surface area contributed by atoms with Gasteiger partial charge in [0, 0.05) is 19.7 Å². The van der Waals surface area contributed by atoms with Crippen molar-refractivity contribution in [1.82, 2.24) is 9.14 Å². The average Bonchev–Trinajstić information content (AvgIpc) is 2.62. The molecule has 0 saturated heterocycles. The molecule has 0 bridgehead atoms. The normalized spacial score (nSPS) is 12.7. The molecule has 2 rings (SSSR count). The van der Waals surface area contributed by atoms with Crippen molar-refractivity contribution in [2.75, 3.05) is 14.1 Å². The van der Waals surface area contributed by atoms with E-state index in [2.05, 4.69) is 9.93 Å². The topological polar surface area (TPSA) is 105 Å². The van der Waals surface area contributed by atoms with Gasteiger partial charge in [-0.2, -0.15) is 13.5 Å². The first-order valence-corrected chi connectivity index (χ1v) is 11.7. The number of hydrogen-bond donors (Lipinski definition) is 1. The van der Waals surface area contributed by atoms with E-state index in [1.54, 1.807) is 12.1 Å². The van der Waals surface area contributed by atoms with E-state index in [4.69, 9.17) is 4.74 Å². The maximum absolute atomic E-state index is 12.4. The first kappa shape index (κ1) is 22.9. The lowest BCUT2D eigenvalue weighted by molar-refractivity contribution is 0.242. The zero-order valence-corrected chi connectivity index (χ0v) is 18.6. The Labute approximate surface area is 172 Å². The van der Waals surface area contributed by atoms with Gasteiger partial charge in [-0.25, -0.2) is 17.6 Å². The third kappa shape index (κ3) is 5.78. The lowest BCUT2D eigenvalue weighted by atomic mass is 10.2. The number of benzene rings is 2. The van der Waals surface area contributed by atoms with Crippen LogP contribution in [-0.4, -0.2) is 47.6 Å². The SMILES string of the molecule is Cc1ccc(S(=O)(=O)N/N=C/c2cc(S(=O)(=O)N(C)C)ccc2OC(C)C)cc1. The molecule has 0 radical (unpaired) electrons. The first-order valence-electron chi connectivity index (χ1n) is 8.78. The fourth-order valence-corrected chi connectivity index (χ4v) is 4.02. The monoisotopic (exact) mass is 439 g/mol. The van der Waals surface area contributed by atoms with E-state index in [1.807, 2.05) is 20.8 Å². The molecule has 2 aromatic rings. The van der Waals surface area contributed by atoms with Gasteiger partial charge in [0.25, 0.3) is 10.0 Å². The Morgan fingerprint density at radius 2 is 1.59 bits per heavy atom. The molecule has 8 nitrogen and oxygen atoms in total. The molecule has 2 aromatic carbocycles. The zero-order chi connectivity index (χ0) is 21.8. The van der Waals surface area contributed by atoms with Gasteiger partial charge in [-0.1, -0.05) is 17.7 Å². The van der Waals surface area contributed by atoms with Crippen LogP contribution in [0.15, 0.2) is 57.4 Å². The van der Waals surface area contributed by atoms with Crippen molar-refractivity contribution in [3.8, 4) is 5.75 Å². The fourth-order valence-electron chi connectivity index (χ4n) is 2.30. The molecular weight excluding hydrogens is 414 g/mol. The number of aryl methyl sites for hydroxylation is 1. The molecule has 158 valence electrons. The van der Waals surface area contributed by atoms with Gasteiger partial charge in [0.05, 0.1) is 22.1 Å². The van der Waals surface area contributed by atoms with Crippen LogP contribution >= 0.6 is 0 Å². The van der Waals surface area contributed by atoms with Crippen LogP contribution in [0.2, 0.25) is 0 Å². The van der Waals surface area contributed by atoms with E-state index >= 15 is 0 Å². The van der Waals surface area contributed by atoms with E-state index in [9.17, 15) is 16.8 Å². The lowest BCUT2D eigenvalue weighted by Crippen LogP contribution is -2.22. The van der Waals surface area contributed by atoms with Crippen LogP contribution < -0.4 is 9.57 Å². The van der Waals surface area contributed by atoms with E-state index < -0.39 is 20.0 Å². The fraction of sp³-hybridized carbons (Fsp3) is 0.316. The number of nitrogens with zero attached hydrogens (tertiary/aromatic N) is 2. The number of sulfonamides is 2. The molecule has 0 aliphatic carbocycles. The molecule has 1 N–H and O–H groups in total. The van der Waals surface area contributed by atoms with Crippen molar-refractivity contribution in [2.45, 2.75) is 36.7 Å². The minimum atomic E-state index is -3.85. The Morgan fingerprint density at radius 1 is 1.00 bits per heavy atom. The second kappa shape index (κ2) is 8.93. The number of hydrogen-bond acceptors (Lipinski definition) is 6. The largest absolute Gasteiger partial charge is 0.490 e. The molecule has 0 unspecified atom stereocenters. The predicted octanol–water partition coefficient (Wildman–Crippen LogP) is 2.34. The van der Waals surface area contributed by atoms with Crippen molar-refractivity contribution in [1.29, 1.82) is 0 Å². The minimum absolute atomic E-state index is 0.0430. The second-order valence-electron chi connectivity index (χ2n) is 6.82. The van der Waals surface area contributed by atoms with Crippen LogP contribution in [0.4, 0.5) is 0 Å². The van der Waals surface area contributed by atoms with Crippen molar-refractivity contribution in [3.05, 3.63) is 53.6 Å². The smallest absolute Gasteiger partial charge is 0.276 e. The van der Waals surface area contributed by atoms with Crippen molar-refractivity contribution in [2.24, 2.45) is 5.10 Å². The molecule has 29 heavy (non-hydrogen) atoms. The van der Waals surface area contributed by atoms with E-state index in [0.717, 1.165) is 9.87 Å². The summed E-state index contributed by atoms with van der Waals surface area (Å²) in [6.07, 6.45) is 1.06. The van der Waals surface area contributed by atoms with Crippen molar-refractivity contribution >= 4 is 26.3 Å². The molecule has 0 aromatic heterocycles. The number of nitrogens with one attached hydrogen (secondary N) is 1. The summed E-state index contributed by atoms with van der Waals surface area (Å²) in [7, 11) is -4.66. The van der Waals surface area contributed by atoms with Gasteiger partial charge >= 0.3 is 0 Å². The zero-order valence-electron chi connectivity index (χ0n) is 16.9.